The van der Waals surface area contributed by atoms with Crippen molar-refractivity contribution in [1.82, 2.24) is 4.98 Å². The zero-order valence-electron chi connectivity index (χ0n) is 11.1. The number of nitro groups is 2. The van der Waals surface area contributed by atoms with Crippen LogP contribution in [-0.2, 0) is 11.2 Å². The summed E-state index contributed by atoms with van der Waals surface area (Å²) in [7, 11) is 0. The number of hydrogen-bond acceptors (Lipinski definition) is 6. The average Bonchev–Trinajstić information content (AvgIpc) is 2.48. The van der Waals surface area contributed by atoms with Gasteiger partial charge in [-0.3, -0.25) is 25.0 Å². The summed E-state index contributed by atoms with van der Waals surface area (Å²) in [6.07, 6.45) is 1.05. The lowest BCUT2D eigenvalue weighted by molar-refractivity contribution is -0.385. The number of non-ortho nitro benzene ring substituents is 1. The Morgan fingerprint density at radius 1 is 1.00 bits per heavy atom. The highest BCUT2D eigenvalue weighted by atomic mass is 16.6. The van der Waals surface area contributed by atoms with Crippen LogP contribution >= 0.6 is 0 Å². The Kier molecular flexibility index (Phi) is 4.37. The van der Waals surface area contributed by atoms with E-state index in [2.05, 4.69) is 10.3 Å². The lowest BCUT2D eigenvalue weighted by atomic mass is 10.1. The van der Waals surface area contributed by atoms with Gasteiger partial charge in [0, 0.05) is 18.2 Å². The van der Waals surface area contributed by atoms with E-state index >= 15 is 0 Å². The molecule has 0 aliphatic rings. The highest BCUT2D eigenvalue weighted by Gasteiger charge is 2.10. The summed E-state index contributed by atoms with van der Waals surface area (Å²) < 4.78 is 0. The van der Waals surface area contributed by atoms with Gasteiger partial charge in [-0.15, -0.1) is 0 Å². The topological polar surface area (TPSA) is 128 Å². The van der Waals surface area contributed by atoms with Crippen LogP contribution in [0.2, 0.25) is 0 Å². The zero-order chi connectivity index (χ0) is 16.1. The van der Waals surface area contributed by atoms with Crippen molar-refractivity contribution in [2.45, 2.75) is 6.42 Å². The summed E-state index contributed by atoms with van der Waals surface area (Å²) in [4.78, 5) is 35.4. The third kappa shape index (κ3) is 3.82. The molecule has 9 heteroatoms. The predicted molar refractivity (Wildman–Crippen MR) is 76.3 cm³/mol. The fraction of sp³-hybridized carbons (Fsp3) is 0.0769. The van der Waals surface area contributed by atoms with E-state index in [-0.39, 0.29) is 29.5 Å². The molecule has 0 unspecified atom stereocenters. The van der Waals surface area contributed by atoms with E-state index in [1.165, 1.54) is 36.4 Å². The summed E-state index contributed by atoms with van der Waals surface area (Å²) in [5, 5.41) is 23.5. The van der Waals surface area contributed by atoms with Crippen LogP contribution in [0.3, 0.4) is 0 Å². The van der Waals surface area contributed by atoms with Crippen molar-refractivity contribution in [3.63, 3.8) is 0 Å². The number of carbonyl (C=O) groups is 1. The summed E-state index contributed by atoms with van der Waals surface area (Å²) >= 11 is 0. The van der Waals surface area contributed by atoms with Gasteiger partial charge in [-0.1, -0.05) is 12.1 Å². The van der Waals surface area contributed by atoms with Gasteiger partial charge in [-0.05, 0) is 11.6 Å². The zero-order valence-corrected chi connectivity index (χ0v) is 11.1. The molecule has 0 aliphatic carbocycles. The monoisotopic (exact) mass is 302 g/mol. The van der Waals surface area contributed by atoms with E-state index in [0.717, 1.165) is 6.20 Å². The fourth-order valence-electron chi connectivity index (χ4n) is 1.68. The molecule has 0 saturated heterocycles. The van der Waals surface area contributed by atoms with Crippen LogP contribution in [0.4, 0.5) is 17.2 Å². The molecule has 0 fully saturated rings. The maximum absolute atomic E-state index is 11.8. The average molecular weight is 302 g/mol. The normalized spacial score (nSPS) is 10.0. The Bertz CT molecular complexity index is 651. The molecule has 1 amide bonds. The van der Waals surface area contributed by atoms with Crippen molar-refractivity contribution in [3.8, 4) is 0 Å². The van der Waals surface area contributed by atoms with Crippen molar-refractivity contribution >= 4 is 23.1 Å². The first-order valence-corrected chi connectivity index (χ1v) is 6.09. The largest absolute Gasteiger partial charge is 0.310 e. The molecule has 112 valence electrons. The Morgan fingerprint density at radius 3 is 2.09 bits per heavy atom. The highest BCUT2D eigenvalue weighted by molar-refractivity contribution is 5.91. The van der Waals surface area contributed by atoms with Crippen molar-refractivity contribution in [3.05, 3.63) is 68.4 Å². The van der Waals surface area contributed by atoms with E-state index in [0.29, 0.717) is 5.56 Å². The third-order valence-electron chi connectivity index (χ3n) is 2.74. The lowest BCUT2D eigenvalue weighted by Crippen LogP contribution is -2.15. The molecular weight excluding hydrogens is 292 g/mol. The standard InChI is InChI=1S/C13H10N4O5/c18-13(7-9-1-3-10(4-2-9)16(19)20)15-12-6-5-11(8-14-12)17(21)22/h1-6,8H,7H2,(H,14,15,18). The molecule has 1 aromatic heterocycles. The first-order chi connectivity index (χ1) is 10.5. The van der Waals surface area contributed by atoms with Gasteiger partial charge in [0.1, 0.15) is 12.0 Å². The van der Waals surface area contributed by atoms with Gasteiger partial charge in [0.2, 0.25) is 5.91 Å². The number of nitrogens with zero attached hydrogens (tertiary/aromatic N) is 3. The molecule has 0 atom stereocenters. The van der Waals surface area contributed by atoms with Crippen molar-refractivity contribution < 1.29 is 14.6 Å². The quantitative estimate of drug-likeness (QED) is 0.665. The van der Waals surface area contributed by atoms with Crippen LogP contribution in [0, 0.1) is 20.2 Å². The minimum Gasteiger partial charge on any atom is -0.310 e. The summed E-state index contributed by atoms with van der Waals surface area (Å²) in [6, 6.07) is 8.15. The third-order valence-corrected chi connectivity index (χ3v) is 2.74. The van der Waals surface area contributed by atoms with Gasteiger partial charge in [0.05, 0.1) is 16.3 Å². The molecule has 1 N–H and O–H groups in total. The Morgan fingerprint density at radius 2 is 1.59 bits per heavy atom. The van der Waals surface area contributed by atoms with E-state index in [9.17, 15) is 25.0 Å². The molecule has 0 aliphatic heterocycles. The molecule has 2 rings (SSSR count). The Balaban J connectivity index is 1.97. The second-order valence-corrected chi connectivity index (χ2v) is 4.31. The number of anilines is 1. The number of amides is 1. The number of benzene rings is 1. The number of aromatic nitrogens is 1. The molecule has 9 nitrogen and oxygen atoms in total. The molecule has 0 spiro atoms. The predicted octanol–water partition coefficient (Wildman–Crippen LogP) is 2.08. The summed E-state index contributed by atoms with van der Waals surface area (Å²) in [5.41, 5.74) is 0.375. The SMILES string of the molecule is O=C(Cc1ccc([N+](=O)[O-])cc1)Nc1ccc([N+](=O)[O-])cn1. The number of carbonyl (C=O) groups excluding carboxylic acids is 1. The minimum atomic E-state index is -0.588. The van der Waals surface area contributed by atoms with Crippen LogP contribution in [0.5, 0.6) is 0 Å². The molecule has 0 radical (unpaired) electrons. The van der Waals surface area contributed by atoms with Gasteiger partial charge in [-0.2, -0.15) is 0 Å². The first-order valence-electron chi connectivity index (χ1n) is 6.09. The molecule has 2 aromatic rings. The summed E-state index contributed by atoms with van der Waals surface area (Å²) in [5.74, 6) is -0.187. The number of pyridine rings is 1. The van der Waals surface area contributed by atoms with Crippen molar-refractivity contribution in [1.29, 1.82) is 0 Å². The van der Waals surface area contributed by atoms with Crippen molar-refractivity contribution in [2.24, 2.45) is 0 Å². The van der Waals surface area contributed by atoms with Crippen LogP contribution in [0.25, 0.3) is 0 Å². The highest BCUT2D eigenvalue weighted by Crippen LogP contribution is 2.14. The van der Waals surface area contributed by atoms with Crippen molar-refractivity contribution in [2.75, 3.05) is 5.32 Å². The second-order valence-electron chi connectivity index (χ2n) is 4.31. The number of nitro benzene ring substituents is 1. The molecule has 22 heavy (non-hydrogen) atoms. The lowest BCUT2D eigenvalue weighted by Gasteiger charge is -2.04. The Labute approximate surface area is 123 Å². The van der Waals surface area contributed by atoms with E-state index in [4.69, 9.17) is 0 Å². The van der Waals surface area contributed by atoms with Gasteiger partial charge in [0.25, 0.3) is 11.4 Å². The number of rotatable bonds is 5. The van der Waals surface area contributed by atoms with E-state index in [1.807, 2.05) is 0 Å². The maximum atomic E-state index is 11.8. The molecule has 1 heterocycles. The molecule has 1 aromatic carbocycles. The number of hydrogen-bond donors (Lipinski definition) is 1. The first kappa shape index (κ1) is 15.0. The van der Waals surface area contributed by atoms with Crippen LogP contribution in [0.1, 0.15) is 5.56 Å². The second kappa shape index (κ2) is 6.39. The van der Waals surface area contributed by atoms with Crippen LogP contribution < -0.4 is 5.32 Å². The molecular formula is C13H10N4O5. The minimum absolute atomic E-state index is 0.0106. The number of nitrogens with one attached hydrogen (secondary N) is 1. The van der Waals surface area contributed by atoms with Gasteiger partial charge in [-0.25, -0.2) is 4.98 Å². The van der Waals surface area contributed by atoms with Gasteiger partial charge >= 0.3 is 0 Å². The van der Waals surface area contributed by atoms with Crippen LogP contribution in [0.15, 0.2) is 42.6 Å². The maximum Gasteiger partial charge on any atom is 0.287 e. The van der Waals surface area contributed by atoms with Crippen LogP contribution in [-0.4, -0.2) is 20.7 Å². The van der Waals surface area contributed by atoms with Gasteiger partial charge in [0.15, 0.2) is 0 Å². The van der Waals surface area contributed by atoms with E-state index < -0.39 is 9.85 Å². The van der Waals surface area contributed by atoms with Gasteiger partial charge < -0.3 is 5.32 Å². The Hall–Kier alpha value is -3.36. The smallest absolute Gasteiger partial charge is 0.287 e. The molecule has 0 bridgehead atoms. The molecule has 0 saturated carbocycles. The fourth-order valence-corrected chi connectivity index (χ4v) is 1.68. The van der Waals surface area contributed by atoms with E-state index in [1.54, 1.807) is 0 Å². The summed E-state index contributed by atoms with van der Waals surface area (Å²) in [6.45, 7) is 0.